The number of nitrogens with one attached hydrogen (secondary N) is 2. The molecular formula is C35H49N5O3. The van der Waals surface area contributed by atoms with E-state index in [1.165, 1.54) is 16.3 Å². The Hall–Kier alpha value is -3.01. The van der Waals surface area contributed by atoms with E-state index in [4.69, 9.17) is 9.47 Å². The summed E-state index contributed by atoms with van der Waals surface area (Å²) in [5.41, 5.74) is 3.56. The number of hydrogen-bond acceptors (Lipinski definition) is 6. The van der Waals surface area contributed by atoms with Crippen molar-refractivity contribution in [1.82, 2.24) is 25.3 Å². The fourth-order valence-electron chi connectivity index (χ4n) is 6.01. The van der Waals surface area contributed by atoms with Crippen LogP contribution in [0.15, 0.2) is 66.7 Å². The van der Waals surface area contributed by atoms with Gasteiger partial charge in [-0.2, -0.15) is 0 Å². The Bertz CT molecular complexity index is 1250. The van der Waals surface area contributed by atoms with Crippen LogP contribution in [0.2, 0.25) is 0 Å². The maximum absolute atomic E-state index is 13.7. The summed E-state index contributed by atoms with van der Waals surface area (Å²) in [5, 5.41) is 9.26. The molecule has 3 aromatic rings. The molecule has 2 N–H and O–H groups in total. The van der Waals surface area contributed by atoms with E-state index in [-0.39, 0.29) is 12.1 Å². The van der Waals surface area contributed by atoms with E-state index in [9.17, 15) is 4.79 Å². The van der Waals surface area contributed by atoms with E-state index in [1.807, 2.05) is 4.90 Å². The van der Waals surface area contributed by atoms with Gasteiger partial charge in [0.2, 0.25) is 0 Å². The van der Waals surface area contributed by atoms with Crippen LogP contribution in [0.4, 0.5) is 4.79 Å². The van der Waals surface area contributed by atoms with E-state index in [0.29, 0.717) is 13.1 Å². The molecule has 8 nitrogen and oxygen atoms in total. The van der Waals surface area contributed by atoms with E-state index < -0.39 is 0 Å². The van der Waals surface area contributed by atoms with Crippen molar-refractivity contribution in [3.05, 3.63) is 83.4 Å². The maximum Gasteiger partial charge on any atom is 0.318 e. The summed E-state index contributed by atoms with van der Waals surface area (Å²) in [4.78, 5) is 20.6. The lowest BCUT2D eigenvalue weighted by Gasteiger charge is -2.29. The van der Waals surface area contributed by atoms with Gasteiger partial charge in [0.25, 0.3) is 0 Å². The van der Waals surface area contributed by atoms with Crippen LogP contribution in [0.5, 0.6) is 0 Å². The van der Waals surface area contributed by atoms with Crippen LogP contribution in [0, 0.1) is 0 Å². The van der Waals surface area contributed by atoms with Gasteiger partial charge in [-0.15, -0.1) is 0 Å². The normalized spacial score (nSPS) is 17.1. The summed E-state index contributed by atoms with van der Waals surface area (Å²) < 4.78 is 10.9. The molecule has 232 valence electrons. The molecule has 0 bridgehead atoms. The number of rotatable bonds is 14. The molecule has 1 atom stereocenters. The smallest absolute Gasteiger partial charge is 0.318 e. The van der Waals surface area contributed by atoms with Crippen LogP contribution < -0.4 is 10.6 Å². The Morgan fingerprint density at radius 1 is 0.814 bits per heavy atom. The van der Waals surface area contributed by atoms with Gasteiger partial charge in [0.1, 0.15) is 0 Å². The van der Waals surface area contributed by atoms with Crippen molar-refractivity contribution >= 4 is 16.8 Å². The Labute approximate surface area is 257 Å². The highest BCUT2D eigenvalue weighted by molar-refractivity contribution is 5.86. The molecule has 2 aliphatic heterocycles. The molecule has 8 heteroatoms. The number of morpholine rings is 2. The second kappa shape index (κ2) is 16.7. The van der Waals surface area contributed by atoms with Gasteiger partial charge in [-0.25, -0.2) is 4.79 Å². The molecule has 3 aromatic carbocycles. The molecule has 2 heterocycles. The molecule has 0 unspecified atom stereocenters. The Balaban J connectivity index is 1.15. The monoisotopic (exact) mass is 587 g/mol. The van der Waals surface area contributed by atoms with Crippen LogP contribution in [-0.2, 0) is 22.6 Å². The molecule has 0 saturated carbocycles. The molecule has 43 heavy (non-hydrogen) atoms. The Kier molecular flexibility index (Phi) is 12.2. The van der Waals surface area contributed by atoms with Crippen molar-refractivity contribution in [2.45, 2.75) is 38.9 Å². The molecule has 5 rings (SSSR count). The highest BCUT2D eigenvalue weighted by Gasteiger charge is 2.19. The zero-order valence-corrected chi connectivity index (χ0v) is 25.8. The second-order valence-corrected chi connectivity index (χ2v) is 11.8. The first-order valence-electron chi connectivity index (χ1n) is 16.1. The van der Waals surface area contributed by atoms with Crippen LogP contribution in [0.3, 0.4) is 0 Å². The number of fused-ring (bicyclic) bond motifs is 1. The molecule has 2 fully saturated rings. The molecule has 0 spiro atoms. The Morgan fingerprint density at radius 3 is 2.16 bits per heavy atom. The minimum absolute atomic E-state index is 0.0200. The first-order valence-corrected chi connectivity index (χ1v) is 16.1. The van der Waals surface area contributed by atoms with Crippen molar-refractivity contribution < 1.29 is 14.3 Å². The van der Waals surface area contributed by atoms with Gasteiger partial charge in [-0.05, 0) is 60.3 Å². The second-order valence-electron chi connectivity index (χ2n) is 11.8. The number of carbonyl (C=O) groups excluding carboxylic acids is 1. The number of urea groups is 1. The molecule has 2 amide bonds. The van der Waals surface area contributed by atoms with Gasteiger partial charge >= 0.3 is 6.03 Å². The third kappa shape index (κ3) is 9.74. The molecule has 0 radical (unpaired) electrons. The number of amides is 2. The highest BCUT2D eigenvalue weighted by Crippen LogP contribution is 2.24. The first kappa shape index (κ1) is 31.4. The zero-order chi connectivity index (χ0) is 29.7. The zero-order valence-electron chi connectivity index (χ0n) is 25.8. The van der Waals surface area contributed by atoms with Gasteiger partial charge in [-0.3, -0.25) is 9.80 Å². The predicted molar refractivity (Wildman–Crippen MR) is 173 cm³/mol. The maximum atomic E-state index is 13.7. The standard InChI is InChI=1S/C35H49N5O3/c1-29(33-10-4-8-32-7-2-3-9-34(32)33)37-35(41)40(18-6-17-39-21-25-43-26-22-39)28-31-13-11-30(12-14-31)27-36-15-5-16-38-19-23-42-24-20-38/h2-4,7-14,29,36H,5-6,15-28H2,1H3,(H,37,41)/t29-/m0/s1. The molecule has 2 saturated heterocycles. The summed E-state index contributed by atoms with van der Waals surface area (Å²) in [6.45, 7) is 14.7. The van der Waals surface area contributed by atoms with Crippen molar-refractivity contribution in [3.8, 4) is 0 Å². The highest BCUT2D eigenvalue weighted by atomic mass is 16.5. The summed E-state index contributed by atoms with van der Waals surface area (Å²) in [7, 11) is 0. The minimum atomic E-state index is -0.1000. The number of carbonyl (C=O) groups is 1. The van der Waals surface area contributed by atoms with Gasteiger partial charge in [0, 0.05) is 52.4 Å². The SMILES string of the molecule is C[C@H](NC(=O)N(CCCN1CCOCC1)Cc1ccc(CNCCCN2CCOCC2)cc1)c1cccc2ccccc12. The van der Waals surface area contributed by atoms with Gasteiger partial charge < -0.3 is 25.0 Å². The van der Waals surface area contributed by atoms with Crippen LogP contribution in [0.25, 0.3) is 10.8 Å². The quantitative estimate of drug-likeness (QED) is 0.268. The largest absolute Gasteiger partial charge is 0.379 e. The number of benzene rings is 3. The van der Waals surface area contributed by atoms with Gasteiger partial charge in [0.15, 0.2) is 0 Å². The van der Waals surface area contributed by atoms with E-state index in [2.05, 4.69) is 94.1 Å². The molecule has 0 aliphatic carbocycles. The van der Waals surface area contributed by atoms with Crippen LogP contribution in [-0.4, -0.2) is 99.5 Å². The molecule has 0 aromatic heterocycles. The Morgan fingerprint density at radius 2 is 1.44 bits per heavy atom. The van der Waals surface area contributed by atoms with E-state index >= 15 is 0 Å². The topological polar surface area (TPSA) is 69.3 Å². The fraction of sp³-hybridized carbons (Fsp3) is 0.514. The summed E-state index contributed by atoms with van der Waals surface area (Å²) in [6, 6.07) is 23.3. The fourth-order valence-corrected chi connectivity index (χ4v) is 6.01. The number of nitrogens with zero attached hydrogens (tertiary/aromatic N) is 3. The van der Waals surface area contributed by atoms with Gasteiger partial charge in [0.05, 0.1) is 32.5 Å². The lowest BCUT2D eigenvalue weighted by Crippen LogP contribution is -2.43. The van der Waals surface area contributed by atoms with E-state index in [0.717, 1.165) is 103 Å². The third-order valence-electron chi connectivity index (χ3n) is 8.58. The predicted octanol–water partition coefficient (Wildman–Crippen LogP) is 4.65. The lowest BCUT2D eigenvalue weighted by molar-refractivity contribution is 0.0364. The van der Waals surface area contributed by atoms with E-state index in [1.54, 1.807) is 0 Å². The van der Waals surface area contributed by atoms with Crippen LogP contribution in [0.1, 0.15) is 42.5 Å². The van der Waals surface area contributed by atoms with Gasteiger partial charge in [-0.1, -0.05) is 66.7 Å². The minimum Gasteiger partial charge on any atom is -0.379 e. The van der Waals surface area contributed by atoms with Crippen molar-refractivity contribution in [2.75, 3.05) is 78.8 Å². The lowest BCUT2D eigenvalue weighted by atomic mass is 10.00. The number of hydrogen-bond donors (Lipinski definition) is 2. The summed E-state index contributed by atoms with van der Waals surface area (Å²) >= 11 is 0. The van der Waals surface area contributed by atoms with Crippen molar-refractivity contribution in [3.63, 3.8) is 0 Å². The first-order chi connectivity index (χ1) is 21.2. The van der Waals surface area contributed by atoms with Crippen LogP contribution >= 0.6 is 0 Å². The molecular weight excluding hydrogens is 538 g/mol. The third-order valence-corrected chi connectivity index (χ3v) is 8.58. The average molecular weight is 588 g/mol. The van der Waals surface area contributed by atoms with Crippen molar-refractivity contribution in [2.24, 2.45) is 0 Å². The molecule has 2 aliphatic rings. The summed E-state index contributed by atoms with van der Waals surface area (Å²) in [5.74, 6) is 0. The average Bonchev–Trinajstić information content (AvgIpc) is 3.05. The number of ether oxygens (including phenoxy) is 2. The van der Waals surface area contributed by atoms with Crippen molar-refractivity contribution in [1.29, 1.82) is 0 Å². The summed E-state index contributed by atoms with van der Waals surface area (Å²) in [6.07, 6.45) is 2.08.